The zero-order valence-electron chi connectivity index (χ0n) is 12.2. The van der Waals surface area contributed by atoms with Gasteiger partial charge in [-0.3, -0.25) is 4.68 Å². The van der Waals surface area contributed by atoms with Crippen molar-refractivity contribution in [3.63, 3.8) is 0 Å². The summed E-state index contributed by atoms with van der Waals surface area (Å²) in [5.41, 5.74) is 1.23. The molecule has 0 aliphatic heterocycles. The summed E-state index contributed by atoms with van der Waals surface area (Å²) in [7, 11) is 0. The summed E-state index contributed by atoms with van der Waals surface area (Å²) in [5.74, 6) is -1.15. The third-order valence-electron chi connectivity index (χ3n) is 3.23. The molecule has 0 saturated carbocycles. The van der Waals surface area contributed by atoms with Gasteiger partial charge in [-0.25, -0.2) is 8.78 Å². The average Bonchev–Trinajstić information content (AvgIpc) is 2.79. The Labute approximate surface area is 131 Å². The van der Waals surface area contributed by atoms with Crippen molar-refractivity contribution in [2.45, 2.75) is 32.9 Å². The Kier molecular flexibility index (Phi) is 5.11. The molecule has 114 valence electrons. The van der Waals surface area contributed by atoms with Crippen LogP contribution in [0.4, 0.5) is 8.78 Å². The summed E-state index contributed by atoms with van der Waals surface area (Å²) < 4.78 is 29.9. The van der Waals surface area contributed by atoms with E-state index in [9.17, 15) is 8.78 Å². The van der Waals surface area contributed by atoms with Gasteiger partial charge in [0, 0.05) is 17.7 Å². The molecule has 0 spiro atoms. The molecule has 21 heavy (non-hydrogen) atoms. The molecule has 0 bridgehead atoms. The molecule has 1 unspecified atom stereocenters. The van der Waals surface area contributed by atoms with Crippen molar-refractivity contribution in [3.8, 4) is 0 Å². The zero-order chi connectivity index (χ0) is 15.6. The lowest BCUT2D eigenvalue weighted by Gasteiger charge is -2.22. The minimum Gasteiger partial charge on any atom is -0.305 e. The summed E-state index contributed by atoms with van der Waals surface area (Å²) >= 11 is 3.47. The highest BCUT2D eigenvalue weighted by atomic mass is 79.9. The molecule has 1 N–H and O–H groups in total. The maximum Gasteiger partial charge on any atom is 0.131 e. The van der Waals surface area contributed by atoms with Crippen molar-refractivity contribution in [1.29, 1.82) is 0 Å². The summed E-state index contributed by atoms with van der Waals surface area (Å²) in [6.07, 6.45) is 1.70. The van der Waals surface area contributed by atoms with E-state index in [0.717, 1.165) is 16.2 Å². The number of rotatable bonds is 5. The predicted octanol–water partition coefficient (Wildman–Crippen LogP) is 4.20. The van der Waals surface area contributed by atoms with Crippen LogP contribution in [0, 0.1) is 11.6 Å². The first-order valence-electron chi connectivity index (χ1n) is 6.87. The van der Waals surface area contributed by atoms with Crippen LogP contribution in [-0.4, -0.2) is 16.3 Å². The van der Waals surface area contributed by atoms with Crippen LogP contribution in [0.3, 0.4) is 0 Å². The monoisotopic (exact) mass is 357 g/mol. The summed E-state index contributed by atoms with van der Waals surface area (Å²) in [4.78, 5) is 0. The number of nitrogens with one attached hydrogen (secondary N) is 1. The Morgan fingerprint density at radius 3 is 2.62 bits per heavy atom. The first-order valence-corrected chi connectivity index (χ1v) is 7.66. The fourth-order valence-corrected chi connectivity index (χ4v) is 2.83. The fraction of sp³-hybridized carbons (Fsp3) is 0.400. The van der Waals surface area contributed by atoms with E-state index >= 15 is 0 Å². The van der Waals surface area contributed by atoms with E-state index in [1.54, 1.807) is 6.20 Å². The number of nitrogens with zero attached hydrogens (tertiary/aromatic N) is 2. The standard InChI is InChI=1S/C15H18BrF2N3/c1-4-19-14(11-6-5-10(17)7-13(11)18)15-12(16)8-20-21(15)9(2)3/h5-9,14,19H,4H2,1-3H3. The Balaban J connectivity index is 2.56. The quantitative estimate of drug-likeness (QED) is 0.868. The molecule has 1 heterocycles. The van der Waals surface area contributed by atoms with Gasteiger partial charge in [-0.05, 0) is 42.4 Å². The van der Waals surface area contributed by atoms with Gasteiger partial charge in [0.25, 0.3) is 0 Å². The smallest absolute Gasteiger partial charge is 0.131 e. The first kappa shape index (κ1) is 16.1. The van der Waals surface area contributed by atoms with E-state index in [2.05, 4.69) is 26.3 Å². The lowest BCUT2D eigenvalue weighted by atomic mass is 10.0. The molecule has 3 nitrogen and oxygen atoms in total. The molecule has 0 saturated heterocycles. The van der Waals surface area contributed by atoms with Crippen LogP contribution in [0.25, 0.3) is 0 Å². The maximum absolute atomic E-state index is 14.2. The topological polar surface area (TPSA) is 29.9 Å². The van der Waals surface area contributed by atoms with E-state index < -0.39 is 17.7 Å². The van der Waals surface area contributed by atoms with Crippen molar-refractivity contribution >= 4 is 15.9 Å². The van der Waals surface area contributed by atoms with Crippen molar-refractivity contribution in [3.05, 3.63) is 51.8 Å². The molecule has 0 aliphatic carbocycles. The lowest BCUT2D eigenvalue weighted by Crippen LogP contribution is -2.26. The number of hydrogen-bond donors (Lipinski definition) is 1. The average molecular weight is 358 g/mol. The van der Waals surface area contributed by atoms with Gasteiger partial charge in [0.15, 0.2) is 0 Å². The third-order valence-corrected chi connectivity index (χ3v) is 3.84. The van der Waals surface area contributed by atoms with Crippen molar-refractivity contribution in [2.75, 3.05) is 6.54 Å². The summed E-state index contributed by atoms with van der Waals surface area (Å²) in [6, 6.07) is 3.39. The van der Waals surface area contributed by atoms with Crippen LogP contribution in [0.5, 0.6) is 0 Å². The van der Waals surface area contributed by atoms with Gasteiger partial charge >= 0.3 is 0 Å². The number of aromatic nitrogens is 2. The van der Waals surface area contributed by atoms with E-state index in [0.29, 0.717) is 12.1 Å². The molecule has 0 fully saturated rings. The molecule has 0 radical (unpaired) electrons. The van der Waals surface area contributed by atoms with E-state index in [4.69, 9.17) is 0 Å². The molecule has 2 aromatic rings. The van der Waals surface area contributed by atoms with Gasteiger partial charge in [0.2, 0.25) is 0 Å². The summed E-state index contributed by atoms with van der Waals surface area (Å²) in [5, 5.41) is 7.57. The zero-order valence-corrected chi connectivity index (χ0v) is 13.8. The normalized spacial score (nSPS) is 12.9. The molecule has 1 aromatic heterocycles. The Hall–Kier alpha value is -1.27. The van der Waals surface area contributed by atoms with Gasteiger partial charge in [-0.2, -0.15) is 5.10 Å². The van der Waals surface area contributed by atoms with Crippen molar-refractivity contribution in [2.24, 2.45) is 0 Å². The van der Waals surface area contributed by atoms with Crippen LogP contribution >= 0.6 is 15.9 Å². The van der Waals surface area contributed by atoms with Crippen molar-refractivity contribution < 1.29 is 8.78 Å². The Morgan fingerprint density at radius 2 is 2.05 bits per heavy atom. The molecular weight excluding hydrogens is 340 g/mol. The van der Waals surface area contributed by atoms with Gasteiger partial charge in [-0.1, -0.05) is 13.0 Å². The lowest BCUT2D eigenvalue weighted by molar-refractivity contribution is 0.464. The SMILES string of the molecule is CCNC(c1ccc(F)cc1F)c1c(Br)cnn1C(C)C. The van der Waals surface area contributed by atoms with Crippen LogP contribution < -0.4 is 5.32 Å². The second-order valence-electron chi connectivity index (χ2n) is 5.07. The first-order chi connectivity index (χ1) is 9.95. The van der Waals surface area contributed by atoms with E-state index in [-0.39, 0.29) is 6.04 Å². The third kappa shape index (κ3) is 3.32. The van der Waals surface area contributed by atoms with Crippen LogP contribution in [0.2, 0.25) is 0 Å². The van der Waals surface area contributed by atoms with Crippen LogP contribution in [-0.2, 0) is 0 Å². The highest BCUT2D eigenvalue weighted by Gasteiger charge is 2.25. The Bertz CT molecular complexity index is 625. The van der Waals surface area contributed by atoms with Crippen LogP contribution in [0.15, 0.2) is 28.9 Å². The predicted molar refractivity (Wildman–Crippen MR) is 82.2 cm³/mol. The second-order valence-corrected chi connectivity index (χ2v) is 5.93. The summed E-state index contributed by atoms with van der Waals surface area (Å²) in [6.45, 7) is 6.61. The van der Waals surface area contributed by atoms with Crippen LogP contribution in [0.1, 0.15) is 44.1 Å². The minimum atomic E-state index is -0.581. The number of benzene rings is 1. The second kappa shape index (κ2) is 6.66. The molecule has 1 aromatic carbocycles. The highest BCUT2D eigenvalue weighted by Crippen LogP contribution is 2.31. The van der Waals surface area contributed by atoms with Gasteiger partial charge in [0.05, 0.1) is 22.4 Å². The van der Waals surface area contributed by atoms with Gasteiger partial charge < -0.3 is 5.32 Å². The molecule has 6 heteroatoms. The number of hydrogen-bond acceptors (Lipinski definition) is 2. The largest absolute Gasteiger partial charge is 0.305 e. The Morgan fingerprint density at radius 1 is 1.33 bits per heavy atom. The molecule has 1 atom stereocenters. The molecule has 2 rings (SSSR count). The van der Waals surface area contributed by atoms with Gasteiger partial charge in [0.1, 0.15) is 11.6 Å². The van der Waals surface area contributed by atoms with E-state index in [1.807, 2.05) is 25.5 Å². The fourth-order valence-electron chi connectivity index (χ4n) is 2.33. The van der Waals surface area contributed by atoms with E-state index in [1.165, 1.54) is 12.1 Å². The molecule has 0 aliphatic rings. The highest BCUT2D eigenvalue weighted by molar-refractivity contribution is 9.10. The number of halogens is 3. The maximum atomic E-state index is 14.2. The van der Waals surface area contributed by atoms with Gasteiger partial charge in [-0.15, -0.1) is 0 Å². The minimum absolute atomic E-state index is 0.135. The molecule has 0 amide bonds. The molecular formula is C15H18BrF2N3. The van der Waals surface area contributed by atoms with Crippen molar-refractivity contribution in [1.82, 2.24) is 15.1 Å².